The minimum atomic E-state index is -0.335. The summed E-state index contributed by atoms with van der Waals surface area (Å²) in [6.07, 6.45) is 11.4. The second kappa shape index (κ2) is 8.31. The average Bonchev–Trinajstić information content (AvgIpc) is 3.20. The Morgan fingerprint density at radius 2 is 2.19 bits per heavy atom. The summed E-state index contributed by atoms with van der Waals surface area (Å²) in [6, 6.07) is 0. The third kappa shape index (κ3) is 4.22. The molecule has 0 saturated heterocycles. The van der Waals surface area contributed by atoms with Crippen LogP contribution in [0.1, 0.15) is 52.5 Å². The van der Waals surface area contributed by atoms with Crippen LogP contribution in [-0.4, -0.2) is 28.3 Å². The number of nitrogens with one attached hydrogen (secondary N) is 1. The van der Waals surface area contributed by atoms with Crippen molar-refractivity contribution in [2.75, 3.05) is 11.9 Å². The van der Waals surface area contributed by atoms with Crippen molar-refractivity contribution >= 4 is 34.3 Å². The van der Waals surface area contributed by atoms with Crippen LogP contribution in [0.15, 0.2) is 18.5 Å². The van der Waals surface area contributed by atoms with E-state index in [2.05, 4.69) is 10.4 Å². The lowest BCUT2D eigenvalue weighted by Crippen LogP contribution is -2.14. The van der Waals surface area contributed by atoms with Gasteiger partial charge in [0.1, 0.15) is 5.00 Å². The molecule has 0 fully saturated rings. The molecular formula is C19H23N3O3S. The second-order valence-electron chi connectivity index (χ2n) is 6.32. The molecule has 1 N–H and O–H groups in total. The first-order chi connectivity index (χ1) is 12.6. The predicted molar refractivity (Wildman–Crippen MR) is 102 cm³/mol. The molecule has 1 aliphatic carbocycles. The molecule has 0 atom stereocenters. The van der Waals surface area contributed by atoms with Crippen molar-refractivity contribution in [1.29, 1.82) is 0 Å². The molecule has 0 aromatic carbocycles. The summed E-state index contributed by atoms with van der Waals surface area (Å²) >= 11 is 1.49. The number of anilines is 1. The van der Waals surface area contributed by atoms with Crippen LogP contribution < -0.4 is 5.32 Å². The summed E-state index contributed by atoms with van der Waals surface area (Å²) in [4.78, 5) is 26.0. The molecule has 0 unspecified atom stereocenters. The van der Waals surface area contributed by atoms with E-state index in [4.69, 9.17) is 4.74 Å². The van der Waals surface area contributed by atoms with Crippen LogP contribution in [0.4, 0.5) is 5.00 Å². The van der Waals surface area contributed by atoms with E-state index in [0.29, 0.717) is 17.2 Å². The lowest BCUT2D eigenvalue weighted by atomic mass is 9.95. The molecule has 1 amide bonds. The standard InChI is InChI=1S/C19H23N3O3S/c1-3-10-25-19(24)17-14-6-4-5-7-15(14)26-18(17)21-16(23)9-8-13-11-20-22(2)12-13/h8-9,11-12H,3-7,10H2,1-2H3,(H,21,23)/b9-8-. The van der Waals surface area contributed by atoms with Crippen LogP contribution in [0.25, 0.3) is 6.08 Å². The van der Waals surface area contributed by atoms with Crippen LogP contribution in [0.3, 0.4) is 0 Å². The van der Waals surface area contributed by atoms with Gasteiger partial charge in [0.25, 0.3) is 0 Å². The summed E-state index contributed by atoms with van der Waals surface area (Å²) in [7, 11) is 1.82. The number of carbonyl (C=O) groups is 2. The molecule has 26 heavy (non-hydrogen) atoms. The maximum absolute atomic E-state index is 12.5. The quantitative estimate of drug-likeness (QED) is 0.620. The minimum Gasteiger partial charge on any atom is -0.462 e. The molecule has 0 bridgehead atoms. The highest BCUT2D eigenvalue weighted by Gasteiger charge is 2.27. The van der Waals surface area contributed by atoms with E-state index in [1.165, 1.54) is 22.3 Å². The van der Waals surface area contributed by atoms with Crippen molar-refractivity contribution in [2.24, 2.45) is 7.05 Å². The lowest BCUT2D eigenvalue weighted by Gasteiger charge is -2.12. The number of hydrogen-bond acceptors (Lipinski definition) is 5. The number of thiophene rings is 1. The largest absolute Gasteiger partial charge is 0.462 e. The first-order valence-electron chi connectivity index (χ1n) is 8.88. The van der Waals surface area contributed by atoms with Gasteiger partial charge in [0.2, 0.25) is 5.91 Å². The maximum Gasteiger partial charge on any atom is 0.341 e. The Morgan fingerprint density at radius 3 is 2.92 bits per heavy atom. The number of ether oxygens (including phenoxy) is 1. The summed E-state index contributed by atoms with van der Waals surface area (Å²) in [5.41, 5.74) is 2.44. The van der Waals surface area contributed by atoms with Crippen LogP contribution in [0.5, 0.6) is 0 Å². The third-order valence-corrected chi connectivity index (χ3v) is 5.41. The number of nitrogens with zero attached hydrogens (tertiary/aromatic N) is 2. The van der Waals surface area contributed by atoms with Crippen molar-refractivity contribution < 1.29 is 14.3 Å². The van der Waals surface area contributed by atoms with Gasteiger partial charge < -0.3 is 10.1 Å². The summed E-state index contributed by atoms with van der Waals surface area (Å²) < 4.78 is 7.02. The van der Waals surface area contributed by atoms with Crippen LogP contribution in [0, 0.1) is 0 Å². The van der Waals surface area contributed by atoms with Crippen molar-refractivity contribution in [3.8, 4) is 0 Å². The fourth-order valence-electron chi connectivity index (χ4n) is 2.99. The molecule has 0 spiro atoms. The van der Waals surface area contributed by atoms with E-state index in [0.717, 1.165) is 43.2 Å². The maximum atomic E-state index is 12.5. The number of amides is 1. The van der Waals surface area contributed by atoms with Gasteiger partial charge in [0.15, 0.2) is 0 Å². The van der Waals surface area contributed by atoms with Gasteiger partial charge in [0, 0.05) is 29.8 Å². The molecule has 7 heteroatoms. The Labute approximate surface area is 156 Å². The van der Waals surface area contributed by atoms with Gasteiger partial charge in [0.05, 0.1) is 18.4 Å². The number of esters is 1. The summed E-state index contributed by atoms with van der Waals surface area (Å²) in [5.74, 6) is -0.602. The zero-order valence-corrected chi connectivity index (χ0v) is 15.9. The topological polar surface area (TPSA) is 73.2 Å². The molecule has 2 aromatic rings. The van der Waals surface area contributed by atoms with Gasteiger partial charge in [-0.15, -0.1) is 11.3 Å². The Bertz CT molecular complexity index is 835. The molecule has 6 nitrogen and oxygen atoms in total. The van der Waals surface area contributed by atoms with E-state index in [-0.39, 0.29) is 11.9 Å². The van der Waals surface area contributed by atoms with Gasteiger partial charge in [-0.1, -0.05) is 6.92 Å². The van der Waals surface area contributed by atoms with E-state index >= 15 is 0 Å². The Hall–Kier alpha value is -2.41. The van der Waals surface area contributed by atoms with E-state index in [1.807, 2.05) is 20.2 Å². The third-order valence-electron chi connectivity index (χ3n) is 4.20. The van der Waals surface area contributed by atoms with Gasteiger partial charge in [-0.05, 0) is 43.7 Å². The summed E-state index contributed by atoms with van der Waals surface area (Å²) in [6.45, 7) is 2.35. The number of aromatic nitrogens is 2. The zero-order valence-electron chi connectivity index (χ0n) is 15.1. The first kappa shape index (κ1) is 18.4. The highest BCUT2D eigenvalue weighted by Crippen LogP contribution is 2.38. The number of aryl methyl sites for hydroxylation is 2. The van der Waals surface area contributed by atoms with Crippen LogP contribution in [0.2, 0.25) is 0 Å². The van der Waals surface area contributed by atoms with Gasteiger partial charge in [-0.2, -0.15) is 5.10 Å². The molecule has 0 radical (unpaired) electrons. The fraction of sp³-hybridized carbons (Fsp3) is 0.421. The molecule has 0 saturated carbocycles. The van der Waals surface area contributed by atoms with Gasteiger partial charge >= 0.3 is 5.97 Å². The van der Waals surface area contributed by atoms with Crippen molar-refractivity contribution in [3.63, 3.8) is 0 Å². The molecule has 0 aliphatic heterocycles. The molecule has 3 rings (SSSR count). The van der Waals surface area contributed by atoms with E-state index in [1.54, 1.807) is 17.0 Å². The van der Waals surface area contributed by atoms with Gasteiger partial charge in [-0.3, -0.25) is 9.48 Å². The van der Waals surface area contributed by atoms with Crippen LogP contribution in [-0.2, 0) is 29.4 Å². The summed E-state index contributed by atoms with van der Waals surface area (Å²) in [5, 5.41) is 7.53. The normalized spacial score (nSPS) is 13.6. The number of rotatable bonds is 6. The number of carbonyl (C=O) groups excluding carboxylic acids is 2. The molecule has 2 aromatic heterocycles. The monoisotopic (exact) mass is 373 g/mol. The van der Waals surface area contributed by atoms with Gasteiger partial charge in [-0.25, -0.2) is 4.79 Å². The Kier molecular flexibility index (Phi) is 5.88. The highest BCUT2D eigenvalue weighted by molar-refractivity contribution is 7.17. The Balaban J connectivity index is 1.79. The number of hydrogen-bond donors (Lipinski definition) is 1. The van der Waals surface area contributed by atoms with Crippen molar-refractivity contribution in [3.05, 3.63) is 40.0 Å². The van der Waals surface area contributed by atoms with E-state index in [9.17, 15) is 9.59 Å². The van der Waals surface area contributed by atoms with Crippen molar-refractivity contribution in [2.45, 2.75) is 39.0 Å². The Morgan fingerprint density at radius 1 is 1.38 bits per heavy atom. The highest BCUT2D eigenvalue weighted by atomic mass is 32.1. The molecule has 2 heterocycles. The molecule has 1 aliphatic rings. The number of fused-ring (bicyclic) bond motifs is 1. The first-order valence-corrected chi connectivity index (χ1v) is 9.69. The fourth-order valence-corrected chi connectivity index (χ4v) is 4.27. The predicted octanol–water partition coefficient (Wildman–Crippen LogP) is 3.58. The smallest absolute Gasteiger partial charge is 0.341 e. The molecule has 138 valence electrons. The molecular weight excluding hydrogens is 350 g/mol. The second-order valence-corrected chi connectivity index (χ2v) is 7.43. The van der Waals surface area contributed by atoms with E-state index < -0.39 is 0 Å². The zero-order chi connectivity index (χ0) is 18.5. The SMILES string of the molecule is CCCOC(=O)c1c(NC(=O)/C=C\c2cnn(C)c2)sc2c1CCCC2. The lowest BCUT2D eigenvalue weighted by molar-refractivity contribution is -0.111. The average molecular weight is 373 g/mol. The van der Waals surface area contributed by atoms with Crippen molar-refractivity contribution in [1.82, 2.24) is 9.78 Å². The van der Waals surface area contributed by atoms with Crippen LogP contribution >= 0.6 is 11.3 Å². The minimum absolute atomic E-state index is 0.267.